The fraction of sp³-hybridized carbons (Fsp3) is 0.529. The number of ether oxygens (including phenoxy) is 2. The molecule has 5 heteroatoms. The molecule has 2 unspecified atom stereocenters. The zero-order valence-electron chi connectivity index (χ0n) is 12.8. The van der Waals surface area contributed by atoms with E-state index in [1.807, 2.05) is 30.3 Å². The Hall–Kier alpha value is -1.33. The van der Waals surface area contributed by atoms with Crippen molar-refractivity contribution >= 4 is 15.4 Å². The molecular formula is C17H22O4S. The van der Waals surface area contributed by atoms with Gasteiger partial charge in [-0.25, -0.2) is 8.42 Å². The minimum Gasteiger partial charge on any atom is -0.491 e. The summed E-state index contributed by atoms with van der Waals surface area (Å²) in [6, 6.07) is 7.90. The van der Waals surface area contributed by atoms with Gasteiger partial charge in [0.2, 0.25) is 0 Å². The van der Waals surface area contributed by atoms with Crippen LogP contribution >= 0.6 is 0 Å². The van der Waals surface area contributed by atoms with Gasteiger partial charge in [0.15, 0.2) is 9.84 Å². The largest absolute Gasteiger partial charge is 0.491 e. The van der Waals surface area contributed by atoms with E-state index in [9.17, 15) is 8.42 Å². The van der Waals surface area contributed by atoms with Crippen molar-refractivity contribution in [1.82, 2.24) is 0 Å². The molecule has 0 spiro atoms. The van der Waals surface area contributed by atoms with Crippen LogP contribution < -0.4 is 4.74 Å². The van der Waals surface area contributed by atoms with E-state index in [1.165, 1.54) is 0 Å². The number of sulfone groups is 1. The third-order valence-electron chi connectivity index (χ3n) is 4.52. The van der Waals surface area contributed by atoms with Crippen molar-refractivity contribution in [3.8, 4) is 5.75 Å². The van der Waals surface area contributed by atoms with E-state index < -0.39 is 9.84 Å². The highest BCUT2D eigenvalue weighted by Gasteiger charge is 2.40. The average Bonchev–Trinajstić information content (AvgIpc) is 2.47. The van der Waals surface area contributed by atoms with Gasteiger partial charge in [-0.15, -0.1) is 0 Å². The van der Waals surface area contributed by atoms with E-state index in [4.69, 9.17) is 9.47 Å². The van der Waals surface area contributed by atoms with E-state index in [0.29, 0.717) is 19.6 Å². The molecule has 120 valence electrons. The summed E-state index contributed by atoms with van der Waals surface area (Å²) in [5.41, 5.74) is 2.26. The van der Waals surface area contributed by atoms with Crippen LogP contribution in [-0.4, -0.2) is 39.2 Å². The van der Waals surface area contributed by atoms with Gasteiger partial charge in [0.1, 0.15) is 12.4 Å². The van der Waals surface area contributed by atoms with Crippen molar-refractivity contribution in [2.24, 2.45) is 0 Å². The maximum Gasteiger partial charge on any atom is 0.159 e. The molecule has 0 N–H and O–H groups in total. The minimum absolute atomic E-state index is 0.191. The summed E-state index contributed by atoms with van der Waals surface area (Å²) in [5.74, 6) is 0.810. The Kier molecular flexibility index (Phi) is 4.54. The van der Waals surface area contributed by atoms with Crippen LogP contribution in [-0.2, 0) is 14.6 Å². The number of benzene rings is 1. The summed E-state index contributed by atoms with van der Waals surface area (Å²) >= 11 is 0. The first-order chi connectivity index (χ1) is 10.6. The van der Waals surface area contributed by atoms with Crippen molar-refractivity contribution in [1.29, 1.82) is 0 Å². The first kappa shape index (κ1) is 15.6. The molecule has 2 bridgehead atoms. The van der Waals surface area contributed by atoms with Crippen molar-refractivity contribution in [2.45, 2.75) is 36.2 Å². The van der Waals surface area contributed by atoms with Crippen LogP contribution in [0.4, 0.5) is 0 Å². The lowest BCUT2D eigenvalue weighted by atomic mass is 9.93. The van der Waals surface area contributed by atoms with Crippen molar-refractivity contribution < 1.29 is 17.9 Å². The summed E-state index contributed by atoms with van der Waals surface area (Å²) in [7, 11) is -1.30. The van der Waals surface area contributed by atoms with Crippen LogP contribution in [0.1, 0.15) is 31.2 Å². The zero-order chi connectivity index (χ0) is 15.6. The monoisotopic (exact) mass is 322 g/mol. The lowest BCUT2D eigenvalue weighted by molar-refractivity contribution is 0.146. The third-order valence-corrected chi connectivity index (χ3v) is 7.06. The lowest BCUT2D eigenvalue weighted by Gasteiger charge is -2.33. The molecule has 2 heterocycles. The molecule has 1 aromatic carbocycles. The van der Waals surface area contributed by atoms with Gasteiger partial charge in [0.25, 0.3) is 0 Å². The minimum atomic E-state index is -2.94. The Balaban J connectivity index is 1.76. The molecule has 1 saturated heterocycles. The lowest BCUT2D eigenvalue weighted by Crippen LogP contribution is -2.38. The first-order valence-electron chi connectivity index (χ1n) is 7.77. The van der Waals surface area contributed by atoms with E-state index in [1.54, 1.807) is 7.11 Å². The molecule has 0 amide bonds. The maximum absolute atomic E-state index is 12.3. The van der Waals surface area contributed by atoms with Gasteiger partial charge in [-0.05, 0) is 42.5 Å². The van der Waals surface area contributed by atoms with Gasteiger partial charge in [0.05, 0.1) is 17.1 Å². The van der Waals surface area contributed by atoms with E-state index in [2.05, 4.69) is 0 Å². The Morgan fingerprint density at radius 3 is 2.59 bits per heavy atom. The normalized spacial score (nSPS) is 26.3. The topological polar surface area (TPSA) is 52.6 Å². The number of hydrogen-bond acceptors (Lipinski definition) is 4. The summed E-state index contributed by atoms with van der Waals surface area (Å²) in [6.07, 6.45) is 5.19. The van der Waals surface area contributed by atoms with E-state index in [-0.39, 0.29) is 10.5 Å². The highest BCUT2D eigenvalue weighted by molar-refractivity contribution is 7.93. The van der Waals surface area contributed by atoms with Crippen molar-refractivity contribution in [3.05, 3.63) is 35.9 Å². The summed E-state index contributed by atoms with van der Waals surface area (Å²) in [6.45, 7) is 1.09. The first-order valence-corrected chi connectivity index (χ1v) is 9.38. The van der Waals surface area contributed by atoms with Crippen LogP contribution in [0.3, 0.4) is 0 Å². The van der Waals surface area contributed by atoms with Gasteiger partial charge < -0.3 is 9.47 Å². The Labute approximate surface area is 132 Å². The van der Waals surface area contributed by atoms with Gasteiger partial charge in [-0.1, -0.05) is 24.6 Å². The standard InChI is InChI=1S/C17H22O4S/c1-20-9-10-21-15-7-5-13(6-8-15)14-11-16-3-2-4-17(12-14)22(16,18)19/h5-8,11,16-17H,2-4,9-10,12H2,1H3. The van der Waals surface area contributed by atoms with Crippen LogP contribution in [0, 0.1) is 0 Å². The SMILES string of the molecule is COCCOc1ccc(C2=CC3CCCC(C2)S3(=O)=O)cc1. The van der Waals surface area contributed by atoms with Crippen LogP contribution in [0.15, 0.2) is 30.3 Å². The number of rotatable bonds is 5. The van der Waals surface area contributed by atoms with Crippen LogP contribution in [0.25, 0.3) is 5.57 Å². The smallest absolute Gasteiger partial charge is 0.159 e. The van der Waals surface area contributed by atoms with Crippen molar-refractivity contribution in [2.75, 3.05) is 20.3 Å². The van der Waals surface area contributed by atoms with Crippen LogP contribution in [0.2, 0.25) is 0 Å². The highest BCUT2D eigenvalue weighted by Crippen LogP contribution is 2.39. The third kappa shape index (κ3) is 3.06. The molecular weight excluding hydrogens is 300 g/mol. The van der Waals surface area contributed by atoms with Crippen molar-refractivity contribution in [3.63, 3.8) is 0 Å². The molecule has 1 fully saturated rings. The molecule has 0 aliphatic carbocycles. The van der Waals surface area contributed by atoms with E-state index >= 15 is 0 Å². The number of hydrogen-bond donors (Lipinski definition) is 0. The van der Waals surface area contributed by atoms with E-state index in [0.717, 1.165) is 36.1 Å². The number of fused-ring (bicyclic) bond motifs is 2. The predicted molar refractivity (Wildman–Crippen MR) is 86.8 cm³/mol. The Morgan fingerprint density at radius 1 is 1.14 bits per heavy atom. The van der Waals surface area contributed by atoms with Gasteiger partial charge in [-0.3, -0.25) is 0 Å². The summed E-state index contributed by atoms with van der Waals surface area (Å²) in [4.78, 5) is 0. The molecule has 0 radical (unpaired) electrons. The number of allylic oxidation sites excluding steroid dienone is 1. The molecule has 3 rings (SSSR count). The molecule has 1 aromatic rings. The highest BCUT2D eigenvalue weighted by atomic mass is 32.2. The number of methoxy groups -OCH3 is 1. The van der Waals surface area contributed by atoms with Gasteiger partial charge in [0, 0.05) is 7.11 Å². The molecule has 0 aromatic heterocycles. The Bertz CT molecular complexity index is 646. The fourth-order valence-corrected chi connectivity index (χ4v) is 5.53. The molecule has 0 saturated carbocycles. The Morgan fingerprint density at radius 2 is 1.91 bits per heavy atom. The zero-order valence-corrected chi connectivity index (χ0v) is 13.6. The fourth-order valence-electron chi connectivity index (χ4n) is 3.28. The predicted octanol–water partition coefficient (Wildman–Crippen LogP) is 2.83. The molecule has 2 aliphatic rings. The molecule has 2 aliphatic heterocycles. The molecule has 22 heavy (non-hydrogen) atoms. The maximum atomic E-state index is 12.3. The molecule has 4 nitrogen and oxygen atoms in total. The quantitative estimate of drug-likeness (QED) is 0.782. The van der Waals surface area contributed by atoms with Gasteiger partial charge in [-0.2, -0.15) is 0 Å². The molecule has 2 atom stereocenters. The second-order valence-electron chi connectivity index (χ2n) is 5.94. The summed E-state index contributed by atoms with van der Waals surface area (Å²) in [5, 5.41) is -0.475. The van der Waals surface area contributed by atoms with Crippen LogP contribution in [0.5, 0.6) is 5.75 Å². The summed E-state index contributed by atoms with van der Waals surface area (Å²) < 4.78 is 35.1. The average molecular weight is 322 g/mol. The second-order valence-corrected chi connectivity index (χ2v) is 8.39. The van der Waals surface area contributed by atoms with Gasteiger partial charge >= 0.3 is 0 Å². The second kappa shape index (κ2) is 6.42.